The molecule has 9 nitrogen and oxygen atoms in total. The predicted octanol–water partition coefficient (Wildman–Crippen LogP) is 3.67. The van der Waals surface area contributed by atoms with E-state index in [0.717, 1.165) is 17.8 Å². The Balaban J connectivity index is 1.47. The molecule has 1 fully saturated rings. The van der Waals surface area contributed by atoms with E-state index in [9.17, 15) is 18.0 Å². The van der Waals surface area contributed by atoms with Crippen LogP contribution in [0, 0.1) is 6.92 Å². The molecule has 0 radical (unpaired) electrons. The molecule has 4 rings (SSSR count). The molecule has 12 heteroatoms. The van der Waals surface area contributed by atoms with E-state index in [1.165, 1.54) is 17.0 Å². The molecule has 0 N–H and O–H groups in total. The number of aryl methyl sites for hydroxylation is 2. The van der Waals surface area contributed by atoms with Crippen molar-refractivity contribution in [2.45, 2.75) is 38.3 Å². The molecule has 0 unspecified atom stereocenters. The number of carbonyl (C=O) groups excluding carboxylic acids is 1. The van der Waals surface area contributed by atoms with Crippen molar-refractivity contribution in [2.24, 2.45) is 7.05 Å². The van der Waals surface area contributed by atoms with Gasteiger partial charge in [0.05, 0.1) is 12.0 Å². The number of amides is 1. The Bertz CT molecular complexity index is 1120. The first-order valence-electron chi connectivity index (χ1n) is 10.2. The topological polar surface area (TPSA) is 95.5 Å². The molecule has 1 aliphatic rings. The summed E-state index contributed by atoms with van der Waals surface area (Å²) >= 11 is 0. The molecule has 2 aromatic heterocycles. The second-order valence-corrected chi connectivity index (χ2v) is 7.76. The van der Waals surface area contributed by atoms with E-state index in [4.69, 9.17) is 9.15 Å². The molecular weight excluding hydrogens is 443 g/mol. The van der Waals surface area contributed by atoms with Gasteiger partial charge in [-0.1, -0.05) is 6.07 Å². The van der Waals surface area contributed by atoms with Gasteiger partial charge in [0.1, 0.15) is 17.5 Å². The number of ether oxygens (including phenoxy) is 2. The van der Waals surface area contributed by atoms with Crippen LogP contribution >= 0.6 is 0 Å². The van der Waals surface area contributed by atoms with Crippen LogP contribution in [0.2, 0.25) is 0 Å². The Labute approximate surface area is 187 Å². The summed E-state index contributed by atoms with van der Waals surface area (Å²) in [5, 5.41) is 8.21. The lowest BCUT2D eigenvalue weighted by Gasteiger charge is -2.34. The molecule has 0 spiro atoms. The SMILES string of the molecule is Cc1ncn(C)c1-c1nnc([C@@H]2C[C@H](N(C)C(=O)c3cccc(OC(F)(F)F)c3)CCO2)o1. The number of benzene rings is 1. The van der Waals surface area contributed by atoms with Gasteiger partial charge in [0.25, 0.3) is 11.8 Å². The Kier molecular flexibility index (Phi) is 6.11. The predicted molar refractivity (Wildman–Crippen MR) is 108 cm³/mol. The lowest BCUT2D eigenvalue weighted by molar-refractivity contribution is -0.274. The van der Waals surface area contributed by atoms with Crippen LogP contribution in [0.5, 0.6) is 5.75 Å². The normalized spacial score (nSPS) is 18.8. The van der Waals surface area contributed by atoms with Crippen LogP contribution in [-0.2, 0) is 11.8 Å². The van der Waals surface area contributed by atoms with E-state index < -0.39 is 24.1 Å². The number of rotatable bonds is 5. The second-order valence-electron chi connectivity index (χ2n) is 7.76. The molecule has 176 valence electrons. The maximum atomic E-state index is 12.9. The van der Waals surface area contributed by atoms with E-state index in [1.54, 1.807) is 17.9 Å². The van der Waals surface area contributed by atoms with E-state index in [-0.39, 0.29) is 17.5 Å². The average Bonchev–Trinajstić information content (AvgIpc) is 3.38. The summed E-state index contributed by atoms with van der Waals surface area (Å²) in [5.41, 5.74) is 1.54. The molecule has 3 heterocycles. The highest BCUT2D eigenvalue weighted by atomic mass is 19.4. The van der Waals surface area contributed by atoms with Gasteiger partial charge in [-0.3, -0.25) is 4.79 Å². The van der Waals surface area contributed by atoms with Gasteiger partial charge in [0.2, 0.25) is 5.89 Å². The number of hydrogen-bond acceptors (Lipinski definition) is 7. The number of halogens is 3. The van der Waals surface area contributed by atoms with Crippen molar-refractivity contribution in [1.82, 2.24) is 24.6 Å². The van der Waals surface area contributed by atoms with Crippen LogP contribution in [0.3, 0.4) is 0 Å². The summed E-state index contributed by atoms with van der Waals surface area (Å²) < 4.78 is 54.8. The quantitative estimate of drug-likeness (QED) is 0.567. The van der Waals surface area contributed by atoms with Crippen LogP contribution in [-0.4, -0.2) is 56.6 Å². The van der Waals surface area contributed by atoms with Crippen molar-refractivity contribution in [3.63, 3.8) is 0 Å². The number of carbonyl (C=O) groups is 1. The Morgan fingerprint density at radius 1 is 1.30 bits per heavy atom. The summed E-state index contributed by atoms with van der Waals surface area (Å²) in [6.07, 6.45) is -2.75. The zero-order valence-corrected chi connectivity index (χ0v) is 18.2. The summed E-state index contributed by atoms with van der Waals surface area (Å²) in [4.78, 5) is 18.6. The van der Waals surface area contributed by atoms with Crippen molar-refractivity contribution in [2.75, 3.05) is 13.7 Å². The average molecular weight is 465 g/mol. The highest BCUT2D eigenvalue weighted by Gasteiger charge is 2.34. The van der Waals surface area contributed by atoms with Gasteiger partial charge in [0.15, 0.2) is 0 Å². The van der Waals surface area contributed by atoms with Gasteiger partial charge in [-0.15, -0.1) is 23.4 Å². The highest BCUT2D eigenvalue weighted by Crippen LogP contribution is 2.32. The molecule has 33 heavy (non-hydrogen) atoms. The molecule has 0 bridgehead atoms. The van der Waals surface area contributed by atoms with Gasteiger partial charge in [0, 0.05) is 38.7 Å². The zero-order valence-electron chi connectivity index (χ0n) is 18.2. The Morgan fingerprint density at radius 2 is 2.09 bits per heavy atom. The summed E-state index contributed by atoms with van der Waals surface area (Å²) in [6.45, 7) is 2.19. The van der Waals surface area contributed by atoms with Crippen molar-refractivity contribution in [3.8, 4) is 17.3 Å². The number of imidazole rings is 1. The lowest BCUT2D eigenvalue weighted by atomic mass is 10.0. The Morgan fingerprint density at radius 3 is 2.79 bits per heavy atom. The maximum absolute atomic E-state index is 12.9. The van der Waals surface area contributed by atoms with Crippen LogP contribution in [0.25, 0.3) is 11.6 Å². The molecule has 1 aromatic carbocycles. The fourth-order valence-corrected chi connectivity index (χ4v) is 3.81. The van der Waals surface area contributed by atoms with Gasteiger partial charge < -0.3 is 23.4 Å². The number of aromatic nitrogens is 4. The largest absolute Gasteiger partial charge is 0.573 e. The first-order chi connectivity index (χ1) is 15.6. The van der Waals surface area contributed by atoms with Gasteiger partial charge in [-0.05, 0) is 31.5 Å². The molecule has 0 saturated carbocycles. The fourth-order valence-electron chi connectivity index (χ4n) is 3.81. The monoisotopic (exact) mass is 465 g/mol. The van der Waals surface area contributed by atoms with E-state index >= 15 is 0 Å². The summed E-state index contributed by atoms with van der Waals surface area (Å²) in [5.74, 6) is -0.267. The molecule has 1 amide bonds. The van der Waals surface area contributed by atoms with Crippen molar-refractivity contribution in [1.29, 1.82) is 0 Å². The van der Waals surface area contributed by atoms with Crippen LogP contribution in [0.4, 0.5) is 13.2 Å². The van der Waals surface area contributed by atoms with Gasteiger partial charge in [-0.2, -0.15) is 0 Å². The maximum Gasteiger partial charge on any atom is 0.573 e. The molecule has 1 saturated heterocycles. The van der Waals surface area contributed by atoms with E-state index in [1.807, 2.05) is 14.0 Å². The zero-order chi connectivity index (χ0) is 23.8. The molecule has 0 aliphatic carbocycles. The molecular formula is C21H22F3N5O4. The first kappa shape index (κ1) is 22.8. The minimum absolute atomic E-state index is 0.0917. The van der Waals surface area contributed by atoms with Crippen molar-refractivity contribution >= 4 is 5.91 Å². The second kappa shape index (κ2) is 8.85. The smallest absolute Gasteiger partial charge is 0.416 e. The minimum atomic E-state index is -4.83. The third-order valence-corrected chi connectivity index (χ3v) is 5.48. The first-order valence-corrected chi connectivity index (χ1v) is 10.2. The highest BCUT2D eigenvalue weighted by molar-refractivity contribution is 5.94. The van der Waals surface area contributed by atoms with Crippen LogP contribution in [0.15, 0.2) is 35.0 Å². The van der Waals surface area contributed by atoms with Gasteiger partial charge in [-0.25, -0.2) is 4.98 Å². The Hall–Kier alpha value is -3.41. The lowest BCUT2D eigenvalue weighted by Crippen LogP contribution is -2.41. The van der Waals surface area contributed by atoms with E-state index in [2.05, 4.69) is 19.9 Å². The molecule has 2 atom stereocenters. The fraction of sp³-hybridized carbons (Fsp3) is 0.429. The standard InChI is InChI=1S/C21H22F3N5O4/c1-12-17(28(2)11-25-12)19-27-26-18(32-19)16-10-14(7-8-31-16)29(3)20(30)13-5-4-6-15(9-13)33-21(22,23)24/h4-6,9,11,14,16H,7-8,10H2,1-3H3/t14-,16+/m1/s1. The summed E-state index contributed by atoms with van der Waals surface area (Å²) in [7, 11) is 3.42. The van der Waals surface area contributed by atoms with Crippen molar-refractivity contribution in [3.05, 3.63) is 47.7 Å². The third kappa shape index (κ3) is 5.00. The minimum Gasteiger partial charge on any atom is -0.416 e. The number of hydrogen-bond donors (Lipinski definition) is 0. The number of alkyl halides is 3. The summed E-state index contributed by atoms with van der Waals surface area (Å²) in [6, 6.07) is 4.77. The van der Waals surface area contributed by atoms with Crippen LogP contribution in [0.1, 0.15) is 40.9 Å². The van der Waals surface area contributed by atoms with Crippen molar-refractivity contribution < 1.29 is 31.9 Å². The number of nitrogens with zero attached hydrogens (tertiary/aromatic N) is 5. The third-order valence-electron chi connectivity index (χ3n) is 5.48. The van der Waals surface area contributed by atoms with E-state index in [0.29, 0.717) is 31.0 Å². The molecule has 1 aliphatic heterocycles. The van der Waals surface area contributed by atoms with Crippen LogP contribution < -0.4 is 4.74 Å². The van der Waals surface area contributed by atoms with Gasteiger partial charge >= 0.3 is 6.36 Å². The molecule has 3 aromatic rings.